The molecular formula is C31H38N2O6. The van der Waals surface area contributed by atoms with Crippen LogP contribution in [0.25, 0.3) is 0 Å². The van der Waals surface area contributed by atoms with Gasteiger partial charge in [0, 0.05) is 25.3 Å². The molecule has 4 rings (SSSR count). The maximum absolute atomic E-state index is 13.8. The van der Waals surface area contributed by atoms with E-state index in [1.54, 1.807) is 24.0 Å². The Balaban J connectivity index is 1.53. The van der Waals surface area contributed by atoms with Crippen LogP contribution in [0.5, 0.6) is 11.5 Å². The molecule has 0 spiro atoms. The summed E-state index contributed by atoms with van der Waals surface area (Å²) in [5.41, 5.74) is 2.64. The Labute approximate surface area is 230 Å². The van der Waals surface area contributed by atoms with Gasteiger partial charge in [-0.05, 0) is 75.1 Å². The van der Waals surface area contributed by atoms with Gasteiger partial charge >= 0.3 is 0 Å². The first-order valence-corrected chi connectivity index (χ1v) is 13.4. The lowest BCUT2D eigenvalue weighted by atomic mass is 10.1. The van der Waals surface area contributed by atoms with Crippen LogP contribution in [0, 0.1) is 13.8 Å². The number of furan rings is 1. The number of ether oxygens (including phenoxy) is 3. The van der Waals surface area contributed by atoms with Crippen molar-refractivity contribution >= 4 is 11.8 Å². The molecule has 1 aliphatic rings. The van der Waals surface area contributed by atoms with Gasteiger partial charge in [-0.2, -0.15) is 0 Å². The third kappa shape index (κ3) is 7.63. The number of carbonyl (C=O) groups excluding carboxylic acids is 2. The summed E-state index contributed by atoms with van der Waals surface area (Å²) >= 11 is 0. The number of methoxy groups -OCH3 is 2. The molecule has 1 atom stereocenters. The standard InChI is InChI=1S/C31H38N2O6/c1-22-7-11-25(12-8-22)31(35)33(19-26-6-5-17-38-26)21-30(34)32(20-27-13-9-23(2)39-27)16-15-24-10-14-28(36-3)29(18-24)37-4/h7-14,18,26H,5-6,15-17,19-21H2,1-4H3/t26-/m1/s1. The molecule has 2 aromatic carbocycles. The predicted octanol–water partition coefficient (Wildman–Crippen LogP) is 4.81. The summed E-state index contributed by atoms with van der Waals surface area (Å²) in [6, 6.07) is 17.0. The van der Waals surface area contributed by atoms with Gasteiger partial charge < -0.3 is 28.4 Å². The van der Waals surface area contributed by atoms with E-state index in [1.807, 2.05) is 68.4 Å². The van der Waals surface area contributed by atoms with E-state index in [1.165, 1.54) is 0 Å². The Kier molecular flexibility index (Phi) is 9.65. The zero-order valence-electron chi connectivity index (χ0n) is 23.3. The molecule has 0 radical (unpaired) electrons. The molecule has 0 N–H and O–H groups in total. The summed E-state index contributed by atoms with van der Waals surface area (Å²) in [4.78, 5) is 30.7. The summed E-state index contributed by atoms with van der Waals surface area (Å²) < 4.78 is 22.4. The normalized spacial score (nSPS) is 14.7. The Hall–Kier alpha value is -3.78. The van der Waals surface area contributed by atoms with Crippen LogP contribution in [0.3, 0.4) is 0 Å². The van der Waals surface area contributed by atoms with Crippen LogP contribution in [-0.2, 0) is 22.5 Å². The van der Waals surface area contributed by atoms with Crippen molar-refractivity contribution in [3.05, 3.63) is 82.8 Å². The van der Waals surface area contributed by atoms with Gasteiger partial charge in [-0.1, -0.05) is 23.8 Å². The number of aryl methyl sites for hydroxylation is 2. The molecule has 1 aromatic heterocycles. The first kappa shape index (κ1) is 28.2. The SMILES string of the molecule is COc1ccc(CCN(Cc2ccc(C)o2)C(=O)CN(C[C@H]2CCCO2)C(=O)c2ccc(C)cc2)cc1OC. The molecule has 1 saturated heterocycles. The van der Waals surface area contributed by atoms with Crippen LogP contribution >= 0.6 is 0 Å². The smallest absolute Gasteiger partial charge is 0.254 e. The average Bonchev–Trinajstić information content (AvgIpc) is 3.61. The minimum absolute atomic E-state index is 0.0435. The van der Waals surface area contributed by atoms with Crippen molar-refractivity contribution in [2.45, 2.75) is 45.8 Å². The van der Waals surface area contributed by atoms with Crippen molar-refractivity contribution in [3.8, 4) is 11.5 Å². The fraction of sp³-hybridized carbons (Fsp3) is 0.419. The van der Waals surface area contributed by atoms with E-state index in [9.17, 15) is 9.59 Å². The molecule has 2 heterocycles. The third-order valence-electron chi connectivity index (χ3n) is 6.97. The van der Waals surface area contributed by atoms with Crippen molar-refractivity contribution < 1.29 is 28.2 Å². The van der Waals surface area contributed by atoms with Crippen LogP contribution in [0.4, 0.5) is 0 Å². The highest BCUT2D eigenvalue weighted by Gasteiger charge is 2.27. The van der Waals surface area contributed by atoms with E-state index in [-0.39, 0.29) is 24.5 Å². The third-order valence-corrected chi connectivity index (χ3v) is 6.97. The Morgan fingerprint density at radius 1 is 0.949 bits per heavy atom. The number of amides is 2. The average molecular weight is 535 g/mol. The lowest BCUT2D eigenvalue weighted by Gasteiger charge is -2.29. The molecule has 1 aliphatic heterocycles. The Morgan fingerprint density at radius 3 is 2.36 bits per heavy atom. The molecular weight excluding hydrogens is 496 g/mol. The summed E-state index contributed by atoms with van der Waals surface area (Å²) in [5.74, 6) is 2.45. The van der Waals surface area contributed by atoms with E-state index in [0.717, 1.165) is 29.7 Å². The molecule has 8 nitrogen and oxygen atoms in total. The molecule has 3 aromatic rings. The summed E-state index contributed by atoms with van der Waals surface area (Å²) in [7, 11) is 3.20. The minimum atomic E-state index is -0.174. The molecule has 8 heteroatoms. The van der Waals surface area contributed by atoms with E-state index in [4.69, 9.17) is 18.6 Å². The van der Waals surface area contributed by atoms with E-state index >= 15 is 0 Å². The van der Waals surface area contributed by atoms with Crippen molar-refractivity contribution in [3.63, 3.8) is 0 Å². The van der Waals surface area contributed by atoms with Crippen LogP contribution in [0.2, 0.25) is 0 Å². The van der Waals surface area contributed by atoms with Gasteiger partial charge in [0.15, 0.2) is 11.5 Å². The number of hydrogen-bond donors (Lipinski definition) is 0. The zero-order chi connectivity index (χ0) is 27.8. The highest BCUT2D eigenvalue weighted by Crippen LogP contribution is 2.28. The van der Waals surface area contributed by atoms with Crippen LogP contribution in [0.15, 0.2) is 59.0 Å². The fourth-order valence-corrected chi connectivity index (χ4v) is 4.75. The first-order valence-electron chi connectivity index (χ1n) is 13.4. The lowest BCUT2D eigenvalue weighted by molar-refractivity contribution is -0.133. The molecule has 0 saturated carbocycles. The number of hydrogen-bond acceptors (Lipinski definition) is 6. The minimum Gasteiger partial charge on any atom is -0.493 e. The molecule has 1 fully saturated rings. The number of nitrogens with zero attached hydrogens (tertiary/aromatic N) is 2. The second kappa shape index (κ2) is 13.3. The van der Waals surface area contributed by atoms with Gasteiger partial charge in [0.25, 0.3) is 5.91 Å². The second-order valence-corrected chi connectivity index (χ2v) is 9.95. The largest absolute Gasteiger partial charge is 0.493 e. The highest BCUT2D eigenvalue weighted by molar-refractivity contribution is 5.96. The highest BCUT2D eigenvalue weighted by atomic mass is 16.5. The number of rotatable bonds is 12. The van der Waals surface area contributed by atoms with Gasteiger partial charge in [-0.25, -0.2) is 0 Å². The second-order valence-electron chi connectivity index (χ2n) is 9.95. The van der Waals surface area contributed by atoms with Crippen molar-refractivity contribution in [2.75, 3.05) is 40.5 Å². The summed E-state index contributed by atoms with van der Waals surface area (Å²) in [6.45, 7) is 5.63. The van der Waals surface area contributed by atoms with Crippen LogP contribution in [-0.4, -0.2) is 68.2 Å². The molecule has 39 heavy (non-hydrogen) atoms. The number of benzene rings is 2. The summed E-state index contributed by atoms with van der Waals surface area (Å²) in [5, 5.41) is 0. The van der Waals surface area contributed by atoms with Crippen LogP contribution < -0.4 is 9.47 Å². The van der Waals surface area contributed by atoms with Gasteiger partial charge in [-0.15, -0.1) is 0 Å². The van der Waals surface area contributed by atoms with E-state index in [2.05, 4.69) is 0 Å². The fourth-order valence-electron chi connectivity index (χ4n) is 4.75. The van der Waals surface area contributed by atoms with Crippen molar-refractivity contribution in [1.29, 1.82) is 0 Å². The molecule has 0 aliphatic carbocycles. The van der Waals surface area contributed by atoms with Crippen molar-refractivity contribution in [2.24, 2.45) is 0 Å². The van der Waals surface area contributed by atoms with Gasteiger partial charge in [0.2, 0.25) is 5.91 Å². The topological polar surface area (TPSA) is 81.5 Å². The predicted molar refractivity (Wildman–Crippen MR) is 148 cm³/mol. The maximum Gasteiger partial charge on any atom is 0.254 e. The first-order chi connectivity index (χ1) is 18.9. The van der Waals surface area contributed by atoms with Crippen LogP contribution in [0.1, 0.15) is 45.8 Å². The van der Waals surface area contributed by atoms with E-state index in [0.29, 0.717) is 55.5 Å². The van der Waals surface area contributed by atoms with Gasteiger partial charge in [-0.3, -0.25) is 9.59 Å². The Morgan fingerprint density at radius 2 is 1.72 bits per heavy atom. The Bertz CT molecular complexity index is 1250. The molecule has 0 unspecified atom stereocenters. The van der Waals surface area contributed by atoms with Gasteiger partial charge in [0.1, 0.15) is 18.1 Å². The summed E-state index contributed by atoms with van der Waals surface area (Å²) in [6.07, 6.45) is 2.37. The monoisotopic (exact) mass is 534 g/mol. The zero-order valence-corrected chi connectivity index (χ0v) is 23.3. The molecule has 2 amide bonds. The molecule has 0 bridgehead atoms. The maximum atomic E-state index is 13.8. The number of carbonyl (C=O) groups is 2. The molecule has 208 valence electrons. The van der Waals surface area contributed by atoms with Crippen molar-refractivity contribution in [1.82, 2.24) is 9.80 Å². The lowest BCUT2D eigenvalue weighted by Crippen LogP contribution is -2.46. The quantitative estimate of drug-likeness (QED) is 0.332. The van der Waals surface area contributed by atoms with E-state index < -0.39 is 0 Å². The van der Waals surface area contributed by atoms with Gasteiger partial charge in [0.05, 0.1) is 26.9 Å².